The topological polar surface area (TPSA) is 251 Å². The number of hydrogen-bond acceptors (Lipinski definition) is 17. The molecule has 4 aromatic heterocycles. The first-order valence-corrected chi connectivity index (χ1v) is 18.9. The normalized spacial score (nSPS) is 13.3. The van der Waals surface area contributed by atoms with Crippen LogP contribution in [0.5, 0.6) is 0 Å². The van der Waals surface area contributed by atoms with Gasteiger partial charge in [0.25, 0.3) is 6.01 Å². The Hall–Kier alpha value is -5.34. The smallest absolute Gasteiger partial charge is 0.292 e. The van der Waals surface area contributed by atoms with Gasteiger partial charge in [-0.1, -0.05) is 6.42 Å². The number of nitrogens with two attached hydrogens (primary N) is 3. The van der Waals surface area contributed by atoms with Gasteiger partial charge in [-0.25, -0.2) is 24.6 Å². The van der Waals surface area contributed by atoms with Gasteiger partial charge in [-0.2, -0.15) is 10.1 Å². The molecule has 5 heterocycles. The summed E-state index contributed by atoms with van der Waals surface area (Å²) < 4.78 is 28.9. The van der Waals surface area contributed by atoms with Crippen LogP contribution in [-0.4, -0.2) is 137 Å². The Kier molecular flexibility index (Phi) is 14.8. The number of fused-ring (bicyclic) bond motifs is 2. The number of hydrogen-bond donors (Lipinski definition) is 3. The third-order valence-electron chi connectivity index (χ3n) is 9.22. The van der Waals surface area contributed by atoms with Gasteiger partial charge in [-0.3, -0.25) is 9.59 Å². The van der Waals surface area contributed by atoms with Crippen LogP contribution >= 0.6 is 0 Å². The average molecular weight is 775 g/mol. The number of carbonyl (C=O) groups is 2. The molecule has 1 aliphatic heterocycles. The minimum atomic E-state index is -0.00811. The summed E-state index contributed by atoms with van der Waals surface area (Å²) in [7, 11) is 0. The fraction of sp³-hybridized carbons (Fsp3) is 0.514. The van der Waals surface area contributed by atoms with Gasteiger partial charge in [0.2, 0.25) is 11.9 Å². The molecule has 0 aliphatic carbocycles. The van der Waals surface area contributed by atoms with E-state index in [0.29, 0.717) is 157 Å². The van der Waals surface area contributed by atoms with E-state index < -0.39 is 0 Å². The van der Waals surface area contributed by atoms with Crippen LogP contribution in [0.4, 0.5) is 17.8 Å². The second kappa shape index (κ2) is 20.5. The Morgan fingerprint density at radius 3 is 2.20 bits per heavy atom. The molecule has 6 rings (SSSR count). The molecule has 1 aliphatic rings. The lowest BCUT2D eigenvalue weighted by molar-refractivity contribution is -0.132. The van der Waals surface area contributed by atoms with E-state index >= 15 is 0 Å². The monoisotopic (exact) mass is 774 g/mol. The van der Waals surface area contributed by atoms with Crippen LogP contribution in [0.15, 0.2) is 41.3 Å². The molecular formula is C37H50N12O7. The first kappa shape index (κ1) is 40.3. The lowest BCUT2D eigenvalue weighted by atomic mass is 10.1. The highest BCUT2D eigenvalue weighted by Crippen LogP contribution is 2.32. The van der Waals surface area contributed by atoms with Gasteiger partial charge in [0.15, 0.2) is 17.0 Å². The van der Waals surface area contributed by atoms with E-state index in [1.165, 1.54) is 6.33 Å². The number of rotatable bonds is 23. The fourth-order valence-corrected chi connectivity index (χ4v) is 6.30. The van der Waals surface area contributed by atoms with Crippen LogP contribution in [0.25, 0.3) is 33.4 Å². The van der Waals surface area contributed by atoms with Gasteiger partial charge < -0.3 is 50.4 Å². The molecule has 0 atom stereocenters. The maximum atomic E-state index is 13.0. The average Bonchev–Trinajstić information content (AvgIpc) is 3.79. The van der Waals surface area contributed by atoms with Crippen LogP contribution in [0, 0.1) is 0 Å². The highest BCUT2D eigenvalue weighted by Gasteiger charge is 2.23. The molecule has 6 N–H and O–H groups in total. The van der Waals surface area contributed by atoms with Crippen molar-refractivity contribution < 1.29 is 33.0 Å². The van der Waals surface area contributed by atoms with Gasteiger partial charge in [-0.15, -0.1) is 0 Å². The Labute approximate surface area is 323 Å². The molecule has 300 valence electrons. The Morgan fingerprint density at radius 1 is 0.786 bits per heavy atom. The quantitative estimate of drug-likeness (QED) is 0.0635. The first-order chi connectivity index (χ1) is 27.4. The van der Waals surface area contributed by atoms with Crippen molar-refractivity contribution in [3.8, 4) is 11.3 Å². The molecule has 19 nitrogen and oxygen atoms in total. The molecule has 0 unspecified atom stereocenters. The van der Waals surface area contributed by atoms with Gasteiger partial charge in [-0.05, 0) is 31.0 Å². The molecule has 0 radical (unpaired) electrons. The summed E-state index contributed by atoms with van der Waals surface area (Å²) in [6.45, 7) is 7.11. The summed E-state index contributed by atoms with van der Waals surface area (Å²) in [6.07, 6.45) is 7.57. The number of Topliss-reactive ketones (excluding diaryl/α,β-unsaturated/α-hetero) is 1. The van der Waals surface area contributed by atoms with Gasteiger partial charge in [0.05, 0.1) is 70.2 Å². The number of piperazine rings is 1. The number of oxazole rings is 1. The summed E-state index contributed by atoms with van der Waals surface area (Å²) in [5.41, 5.74) is 21.1. The molecule has 1 fully saturated rings. The highest BCUT2D eigenvalue weighted by atomic mass is 16.6. The number of unbranched alkanes of at least 4 members (excludes halogenated alkanes) is 2. The van der Waals surface area contributed by atoms with Crippen molar-refractivity contribution in [1.29, 1.82) is 0 Å². The fourth-order valence-electron chi connectivity index (χ4n) is 6.30. The van der Waals surface area contributed by atoms with E-state index in [1.807, 2.05) is 26.6 Å². The molecule has 1 aromatic carbocycles. The number of nitrogen functional groups attached to an aromatic ring is 2. The second-order valence-electron chi connectivity index (χ2n) is 13.1. The van der Waals surface area contributed by atoms with Crippen molar-refractivity contribution in [3.63, 3.8) is 0 Å². The lowest BCUT2D eigenvalue weighted by Crippen LogP contribution is -2.49. The van der Waals surface area contributed by atoms with Gasteiger partial charge in [0.1, 0.15) is 23.4 Å². The molecular weight excluding hydrogens is 724 g/mol. The van der Waals surface area contributed by atoms with Crippen molar-refractivity contribution in [3.05, 3.63) is 42.5 Å². The zero-order valence-corrected chi connectivity index (χ0v) is 31.5. The number of aryl methyl sites for hydroxylation is 1. The standard InChI is InChI=1S/C37H50N12O7/c38-8-15-53-17-19-55-21-20-54-18-16-52-14-7-31(51)47-10-12-48(13-11-47)37-41-23-27(24-42-37)29(50)4-2-1-3-9-49-35-32(34(39)43-25-44-35)33(46-49)26-5-6-30-28(22-26)45-36(40)56-30/h5-6,22-25H,1-4,7-21,38H2,(H2,40,45)(H2,39,43,44). The number of aromatic nitrogens is 7. The Balaban J connectivity index is 0.859. The second-order valence-corrected chi connectivity index (χ2v) is 13.1. The molecule has 0 saturated carbocycles. The summed E-state index contributed by atoms with van der Waals surface area (Å²) in [6, 6.07) is 5.61. The van der Waals surface area contributed by atoms with E-state index in [4.69, 9.17) is 45.7 Å². The minimum Gasteiger partial charge on any atom is -0.424 e. The van der Waals surface area contributed by atoms with Crippen LogP contribution in [0.3, 0.4) is 0 Å². The Bertz CT molecular complexity index is 2010. The molecule has 1 amide bonds. The third kappa shape index (κ3) is 10.9. The summed E-state index contributed by atoms with van der Waals surface area (Å²) in [4.78, 5) is 51.3. The van der Waals surface area contributed by atoms with Crippen LogP contribution < -0.4 is 22.1 Å². The Morgan fingerprint density at radius 2 is 1.48 bits per heavy atom. The molecule has 19 heteroatoms. The van der Waals surface area contributed by atoms with Crippen LogP contribution in [0.1, 0.15) is 42.5 Å². The SMILES string of the molecule is NCCOCCOCCOCCOCCC(=O)N1CCN(c2ncc(C(=O)CCCCCn3nc(-c4ccc5oc(N)nc5c4)c4c(N)ncnc43)cn2)CC1. The third-order valence-corrected chi connectivity index (χ3v) is 9.22. The molecule has 56 heavy (non-hydrogen) atoms. The number of nitrogens with zero attached hydrogens (tertiary/aromatic N) is 9. The maximum Gasteiger partial charge on any atom is 0.292 e. The highest BCUT2D eigenvalue weighted by molar-refractivity contribution is 5.99. The summed E-state index contributed by atoms with van der Waals surface area (Å²) >= 11 is 0. The summed E-state index contributed by atoms with van der Waals surface area (Å²) in [5.74, 6) is 0.920. The zero-order valence-electron chi connectivity index (χ0n) is 31.5. The van der Waals surface area contributed by atoms with Crippen molar-refractivity contribution >= 4 is 51.6 Å². The largest absolute Gasteiger partial charge is 0.424 e. The summed E-state index contributed by atoms with van der Waals surface area (Å²) in [5, 5.41) is 5.49. The zero-order chi connectivity index (χ0) is 39.1. The molecule has 5 aromatic rings. The molecule has 0 spiro atoms. The maximum absolute atomic E-state index is 13.0. The predicted molar refractivity (Wildman–Crippen MR) is 208 cm³/mol. The van der Waals surface area contributed by atoms with E-state index in [-0.39, 0.29) is 17.7 Å². The van der Waals surface area contributed by atoms with E-state index in [0.717, 1.165) is 18.4 Å². The van der Waals surface area contributed by atoms with E-state index in [2.05, 4.69) is 24.9 Å². The van der Waals surface area contributed by atoms with Crippen molar-refractivity contribution in [2.75, 3.05) is 102 Å². The van der Waals surface area contributed by atoms with Crippen molar-refractivity contribution in [2.45, 2.75) is 38.6 Å². The van der Waals surface area contributed by atoms with Crippen molar-refractivity contribution in [2.24, 2.45) is 5.73 Å². The molecule has 1 saturated heterocycles. The van der Waals surface area contributed by atoms with E-state index in [1.54, 1.807) is 18.5 Å². The van der Waals surface area contributed by atoms with Crippen LogP contribution in [-0.2, 0) is 30.3 Å². The first-order valence-electron chi connectivity index (χ1n) is 18.9. The number of amides is 1. The lowest BCUT2D eigenvalue weighted by Gasteiger charge is -2.34. The number of carbonyl (C=O) groups excluding carboxylic acids is 2. The predicted octanol–water partition coefficient (Wildman–Crippen LogP) is 2.10. The van der Waals surface area contributed by atoms with Gasteiger partial charge in [0, 0.05) is 63.6 Å². The number of ketones is 1. The van der Waals surface area contributed by atoms with E-state index in [9.17, 15) is 9.59 Å². The number of ether oxygens (including phenoxy) is 4. The van der Waals surface area contributed by atoms with Crippen LogP contribution in [0.2, 0.25) is 0 Å². The minimum absolute atomic E-state index is 0.00811. The number of anilines is 3. The van der Waals surface area contributed by atoms with Gasteiger partial charge >= 0.3 is 0 Å². The number of benzene rings is 1. The molecule has 0 bridgehead atoms. The van der Waals surface area contributed by atoms with Crippen molar-refractivity contribution in [1.82, 2.24) is 39.6 Å².